The number of nitrogens with one attached hydrogen (secondary N) is 1. The molecule has 0 aromatic heterocycles. The van der Waals surface area contributed by atoms with Crippen LogP contribution in [0.2, 0.25) is 0 Å². The van der Waals surface area contributed by atoms with Crippen LogP contribution in [0.1, 0.15) is 59.8 Å². The zero-order valence-electron chi connectivity index (χ0n) is 14.1. The normalized spacial score (nSPS) is 20.2. The van der Waals surface area contributed by atoms with Gasteiger partial charge in [-0.3, -0.25) is 0 Å². The van der Waals surface area contributed by atoms with Crippen molar-refractivity contribution in [1.82, 2.24) is 10.2 Å². The van der Waals surface area contributed by atoms with E-state index in [-0.39, 0.29) is 5.41 Å². The Balaban J connectivity index is 2.34. The molecule has 0 aromatic carbocycles. The standard InChI is InChI=1S/C17H36N2O/c1-5-10-19-11-8-16(9-12-19)15(4)18-13-17(6-2,7-3)14-20/h15-16,18,20H,5-14H2,1-4H3. The highest BCUT2D eigenvalue weighted by molar-refractivity contribution is 4.84. The lowest BCUT2D eigenvalue weighted by atomic mass is 9.82. The van der Waals surface area contributed by atoms with Crippen LogP contribution < -0.4 is 5.32 Å². The molecule has 1 aliphatic heterocycles. The van der Waals surface area contributed by atoms with Gasteiger partial charge < -0.3 is 15.3 Å². The number of aliphatic hydroxyl groups excluding tert-OH is 1. The summed E-state index contributed by atoms with van der Waals surface area (Å²) in [4.78, 5) is 2.60. The first-order valence-electron chi connectivity index (χ1n) is 8.67. The van der Waals surface area contributed by atoms with Crippen LogP contribution in [0.4, 0.5) is 0 Å². The van der Waals surface area contributed by atoms with Crippen LogP contribution in [0.15, 0.2) is 0 Å². The summed E-state index contributed by atoms with van der Waals surface area (Å²) in [6, 6.07) is 0.572. The molecule has 3 heteroatoms. The lowest BCUT2D eigenvalue weighted by Crippen LogP contribution is -2.46. The summed E-state index contributed by atoms with van der Waals surface area (Å²) in [5, 5.41) is 13.4. The molecular weight excluding hydrogens is 248 g/mol. The van der Waals surface area contributed by atoms with Crippen LogP contribution >= 0.6 is 0 Å². The molecule has 1 aliphatic rings. The van der Waals surface area contributed by atoms with Crippen molar-refractivity contribution < 1.29 is 5.11 Å². The zero-order valence-corrected chi connectivity index (χ0v) is 14.1. The molecule has 1 atom stereocenters. The van der Waals surface area contributed by atoms with E-state index >= 15 is 0 Å². The van der Waals surface area contributed by atoms with Crippen LogP contribution in [0, 0.1) is 11.3 Å². The summed E-state index contributed by atoms with van der Waals surface area (Å²) >= 11 is 0. The summed E-state index contributed by atoms with van der Waals surface area (Å²) < 4.78 is 0. The average Bonchev–Trinajstić information content (AvgIpc) is 2.50. The highest BCUT2D eigenvalue weighted by atomic mass is 16.3. The zero-order chi connectivity index (χ0) is 15.0. The van der Waals surface area contributed by atoms with Gasteiger partial charge in [0.15, 0.2) is 0 Å². The van der Waals surface area contributed by atoms with Gasteiger partial charge >= 0.3 is 0 Å². The van der Waals surface area contributed by atoms with E-state index in [4.69, 9.17) is 0 Å². The first kappa shape index (κ1) is 17.9. The summed E-state index contributed by atoms with van der Waals surface area (Å²) in [5.41, 5.74) is 0.0805. The molecular formula is C17H36N2O. The smallest absolute Gasteiger partial charge is 0.0499 e. The molecule has 0 amide bonds. The average molecular weight is 284 g/mol. The largest absolute Gasteiger partial charge is 0.396 e. The summed E-state index contributed by atoms with van der Waals surface area (Å²) in [6.07, 6.45) is 6.00. The minimum absolute atomic E-state index is 0.0805. The van der Waals surface area contributed by atoms with Crippen molar-refractivity contribution in [1.29, 1.82) is 0 Å². The molecule has 1 rings (SSSR count). The lowest BCUT2D eigenvalue weighted by Gasteiger charge is -2.37. The highest BCUT2D eigenvalue weighted by Crippen LogP contribution is 2.26. The maximum absolute atomic E-state index is 9.65. The van der Waals surface area contributed by atoms with Gasteiger partial charge in [-0.1, -0.05) is 20.8 Å². The van der Waals surface area contributed by atoms with E-state index in [0.717, 1.165) is 25.3 Å². The van der Waals surface area contributed by atoms with Crippen molar-refractivity contribution in [2.45, 2.75) is 65.8 Å². The van der Waals surface area contributed by atoms with E-state index in [1.54, 1.807) is 0 Å². The monoisotopic (exact) mass is 284 g/mol. The number of rotatable bonds is 9. The third-order valence-electron chi connectivity index (χ3n) is 5.51. The molecule has 0 aromatic rings. The van der Waals surface area contributed by atoms with Crippen molar-refractivity contribution in [2.24, 2.45) is 11.3 Å². The molecule has 120 valence electrons. The number of hydrogen-bond donors (Lipinski definition) is 2. The first-order valence-corrected chi connectivity index (χ1v) is 8.67. The predicted octanol–water partition coefficient (Wildman–Crippen LogP) is 2.89. The fraction of sp³-hybridized carbons (Fsp3) is 1.00. The second kappa shape index (κ2) is 9.01. The molecule has 20 heavy (non-hydrogen) atoms. The topological polar surface area (TPSA) is 35.5 Å². The Kier molecular flexibility index (Phi) is 8.08. The molecule has 1 fully saturated rings. The third kappa shape index (κ3) is 5.01. The van der Waals surface area contributed by atoms with Gasteiger partial charge in [0.2, 0.25) is 0 Å². The Morgan fingerprint density at radius 2 is 1.80 bits per heavy atom. The molecule has 1 unspecified atom stereocenters. The van der Waals surface area contributed by atoms with E-state index in [0.29, 0.717) is 12.6 Å². The van der Waals surface area contributed by atoms with E-state index in [1.165, 1.54) is 38.9 Å². The van der Waals surface area contributed by atoms with Gasteiger partial charge in [-0.05, 0) is 64.6 Å². The van der Waals surface area contributed by atoms with Crippen LogP contribution in [0.5, 0.6) is 0 Å². The van der Waals surface area contributed by atoms with Crippen LogP contribution in [-0.2, 0) is 0 Å². The molecule has 0 aliphatic carbocycles. The number of likely N-dealkylation sites (tertiary alicyclic amines) is 1. The Morgan fingerprint density at radius 3 is 2.25 bits per heavy atom. The quantitative estimate of drug-likeness (QED) is 0.683. The minimum Gasteiger partial charge on any atom is -0.396 e. The van der Waals surface area contributed by atoms with Gasteiger partial charge in [0.1, 0.15) is 0 Å². The minimum atomic E-state index is 0.0805. The number of aliphatic hydroxyl groups is 1. The molecule has 0 bridgehead atoms. The van der Waals surface area contributed by atoms with E-state index in [2.05, 4.69) is 37.9 Å². The first-order chi connectivity index (χ1) is 9.60. The molecule has 0 saturated carbocycles. The van der Waals surface area contributed by atoms with Crippen molar-refractivity contribution in [3.8, 4) is 0 Å². The summed E-state index contributed by atoms with van der Waals surface area (Å²) in [7, 11) is 0. The van der Waals surface area contributed by atoms with E-state index in [9.17, 15) is 5.11 Å². The fourth-order valence-corrected chi connectivity index (χ4v) is 3.32. The Morgan fingerprint density at radius 1 is 1.20 bits per heavy atom. The number of piperidine rings is 1. The van der Waals surface area contributed by atoms with Gasteiger partial charge in [-0.2, -0.15) is 0 Å². The Labute approximate surface area is 126 Å². The third-order valence-corrected chi connectivity index (χ3v) is 5.51. The van der Waals surface area contributed by atoms with Crippen LogP contribution in [-0.4, -0.2) is 48.8 Å². The maximum atomic E-state index is 9.65. The molecule has 1 saturated heterocycles. The van der Waals surface area contributed by atoms with Gasteiger partial charge in [0, 0.05) is 24.6 Å². The molecule has 0 radical (unpaired) electrons. The number of nitrogens with zero attached hydrogens (tertiary/aromatic N) is 1. The molecule has 3 nitrogen and oxygen atoms in total. The number of hydrogen-bond acceptors (Lipinski definition) is 3. The van der Waals surface area contributed by atoms with Crippen molar-refractivity contribution >= 4 is 0 Å². The second-order valence-corrected chi connectivity index (χ2v) is 6.71. The van der Waals surface area contributed by atoms with E-state index in [1.807, 2.05) is 0 Å². The molecule has 1 heterocycles. The molecule has 0 spiro atoms. The van der Waals surface area contributed by atoms with Crippen molar-refractivity contribution in [2.75, 3.05) is 32.8 Å². The van der Waals surface area contributed by atoms with Crippen molar-refractivity contribution in [3.05, 3.63) is 0 Å². The van der Waals surface area contributed by atoms with Crippen LogP contribution in [0.25, 0.3) is 0 Å². The maximum Gasteiger partial charge on any atom is 0.0499 e. The van der Waals surface area contributed by atoms with Crippen molar-refractivity contribution in [3.63, 3.8) is 0 Å². The SMILES string of the molecule is CCCN1CCC(C(C)NCC(CC)(CC)CO)CC1. The summed E-state index contributed by atoms with van der Waals surface area (Å²) in [5.74, 6) is 0.799. The van der Waals surface area contributed by atoms with Gasteiger partial charge in [0.05, 0.1) is 0 Å². The van der Waals surface area contributed by atoms with Gasteiger partial charge in [-0.25, -0.2) is 0 Å². The fourth-order valence-electron chi connectivity index (χ4n) is 3.32. The lowest BCUT2D eigenvalue weighted by molar-refractivity contribution is 0.101. The predicted molar refractivity (Wildman–Crippen MR) is 87.0 cm³/mol. The van der Waals surface area contributed by atoms with E-state index < -0.39 is 0 Å². The highest BCUT2D eigenvalue weighted by Gasteiger charge is 2.28. The summed E-state index contributed by atoms with van der Waals surface area (Å²) in [6.45, 7) is 14.0. The van der Waals surface area contributed by atoms with Gasteiger partial charge in [0.25, 0.3) is 0 Å². The van der Waals surface area contributed by atoms with Gasteiger partial charge in [-0.15, -0.1) is 0 Å². The Hall–Kier alpha value is -0.120. The van der Waals surface area contributed by atoms with Crippen LogP contribution in [0.3, 0.4) is 0 Å². The Bertz CT molecular complexity index is 237. The second-order valence-electron chi connectivity index (χ2n) is 6.71. The molecule has 2 N–H and O–H groups in total.